The Morgan fingerprint density at radius 3 is 2.79 bits per heavy atom. The zero-order valence-electron chi connectivity index (χ0n) is 10.9. The summed E-state index contributed by atoms with van der Waals surface area (Å²) in [4.78, 5) is 4.48. The summed E-state index contributed by atoms with van der Waals surface area (Å²) < 4.78 is 5.74. The van der Waals surface area contributed by atoms with Crippen molar-refractivity contribution in [3.05, 3.63) is 52.7 Å². The number of rotatable bonds is 5. The fraction of sp³-hybridized carbons (Fsp3) is 0.267. The lowest BCUT2D eigenvalue weighted by Crippen LogP contribution is -2.01. The highest BCUT2D eigenvalue weighted by molar-refractivity contribution is 6.30. The first-order valence-corrected chi connectivity index (χ1v) is 6.72. The second-order valence-corrected chi connectivity index (χ2v) is 4.75. The molecule has 0 aliphatic heterocycles. The highest BCUT2D eigenvalue weighted by Gasteiger charge is 2.04. The quantitative estimate of drug-likeness (QED) is 0.900. The summed E-state index contributed by atoms with van der Waals surface area (Å²) in [6.45, 7) is 2.60. The number of ether oxygens (including phenoxy) is 1. The highest BCUT2D eigenvalue weighted by atomic mass is 35.5. The van der Waals surface area contributed by atoms with E-state index in [1.54, 1.807) is 12.1 Å². The SMILES string of the molecule is CCCc1cc(CN)cc(Oc2cccc(Cl)c2)n1. The molecule has 100 valence electrons. The largest absolute Gasteiger partial charge is 0.439 e. The Kier molecular flexibility index (Phi) is 4.77. The molecule has 0 spiro atoms. The predicted octanol–water partition coefficient (Wildman–Crippen LogP) is 3.94. The van der Waals surface area contributed by atoms with Gasteiger partial charge in [-0.2, -0.15) is 0 Å². The zero-order valence-corrected chi connectivity index (χ0v) is 11.7. The molecule has 2 N–H and O–H groups in total. The number of nitrogens with two attached hydrogens (primary N) is 1. The van der Waals surface area contributed by atoms with Crippen LogP contribution in [-0.4, -0.2) is 4.98 Å². The maximum absolute atomic E-state index is 5.93. The normalized spacial score (nSPS) is 10.5. The lowest BCUT2D eigenvalue weighted by atomic mass is 10.1. The van der Waals surface area contributed by atoms with Crippen molar-refractivity contribution in [1.82, 2.24) is 4.98 Å². The van der Waals surface area contributed by atoms with Gasteiger partial charge in [0.15, 0.2) is 0 Å². The zero-order chi connectivity index (χ0) is 13.7. The van der Waals surface area contributed by atoms with E-state index in [-0.39, 0.29) is 0 Å². The second-order valence-electron chi connectivity index (χ2n) is 4.32. The van der Waals surface area contributed by atoms with Crippen LogP contribution in [0.3, 0.4) is 0 Å². The van der Waals surface area contributed by atoms with Gasteiger partial charge in [-0.3, -0.25) is 0 Å². The van der Waals surface area contributed by atoms with Gasteiger partial charge in [0.25, 0.3) is 0 Å². The summed E-state index contributed by atoms with van der Waals surface area (Å²) in [5, 5.41) is 0.640. The Hall–Kier alpha value is -1.58. The number of aryl methyl sites for hydroxylation is 1. The van der Waals surface area contributed by atoms with E-state index in [9.17, 15) is 0 Å². The summed E-state index contributed by atoms with van der Waals surface area (Å²) in [6.07, 6.45) is 1.96. The van der Waals surface area contributed by atoms with E-state index in [0.29, 0.717) is 23.2 Å². The van der Waals surface area contributed by atoms with Gasteiger partial charge in [-0.25, -0.2) is 4.98 Å². The minimum atomic E-state index is 0.477. The minimum absolute atomic E-state index is 0.477. The van der Waals surface area contributed by atoms with Gasteiger partial charge < -0.3 is 10.5 Å². The van der Waals surface area contributed by atoms with Crippen LogP contribution in [0.15, 0.2) is 36.4 Å². The van der Waals surface area contributed by atoms with E-state index in [4.69, 9.17) is 22.1 Å². The molecule has 4 heteroatoms. The predicted molar refractivity (Wildman–Crippen MR) is 77.6 cm³/mol. The fourth-order valence-electron chi connectivity index (χ4n) is 1.83. The summed E-state index contributed by atoms with van der Waals surface area (Å²) >= 11 is 5.93. The molecule has 0 aliphatic rings. The average Bonchev–Trinajstić information content (AvgIpc) is 2.39. The van der Waals surface area contributed by atoms with Crippen LogP contribution in [0.4, 0.5) is 0 Å². The summed E-state index contributed by atoms with van der Waals surface area (Å²) in [6, 6.07) is 11.1. The van der Waals surface area contributed by atoms with Crippen molar-refractivity contribution in [2.24, 2.45) is 5.73 Å². The number of hydrogen-bond acceptors (Lipinski definition) is 3. The van der Waals surface area contributed by atoms with Gasteiger partial charge in [-0.15, -0.1) is 0 Å². The van der Waals surface area contributed by atoms with E-state index >= 15 is 0 Å². The van der Waals surface area contributed by atoms with Gasteiger partial charge in [-0.05, 0) is 36.2 Å². The Morgan fingerprint density at radius 1 is 1.26 bits per heavy atom. The molecule has 0 unspecified atom stereocenters. The Morgan fingerprint density at radius 2 is 2.11 bits per heavy atom. The molecule has 0 amide bonds. The van der Waals surface area contributed by atoms with Crippen molar-refractivity contribution in [1.29, 1.82) is 0 Å². The van der Waals surface area contributed by atoms with Gasteiger partial charge >= 0.3 is 0 Å². The Bertz CT molecular complexity index is 558. The van der Waals surface area contributed by atoms with E-state index < -0.39 is 0 Å². The number of pyridine rings is 1. The molecule has 2 aromatic rings. The standard InChI is InChI=1S/C15H17ClN2O/c1-2-4-13-7-11(10-17)8-15(18-13)19-14-6-3-5-12(16)9-14/h3,5-9H,2,4,10,17H2,1H3. The number of aromatic nitrogens is 1. The van der Waals surface area contributed by atoms with Crippen molar-refractivity contribution < 1.29 is 4.74 Å². The van der Waals surface area contributed by atoms with Crippen LogP contribution in [0.1, 0.15) is 24.6 Å². The number of halogens is 1. The minimum Gasteiger partial charge on any atom is -0.439 e. The van der Waals surface area contributed by atoms with Crippen LogP contribution >= 0.6 is 11.6 Å². The van der Waals surface area contributed by atoms with Crippen LogP contribution in [0.2, 0.25) is 5.02 Å². The molecule has 2 rings (SSSR count). The molecule has 19 heavy (non-hydrogen) atoms. The molecule has 0 fully saturated rings. The molecule has 1 aromatic heterocycles. The monoisotopic (exact) mass is 276 g/mol. The maximum Gasteiger partial charge on any atom is 0.219 e. The first-order chi connectivity index (χ1) is 9.21. The third-order valence-corrected chi connectivity index (χ3v) is 2.91. The third-order valence-electron chi connectivity index (χ3n) is 2.68. The van der Waals surface area contributed by atoms with Gasteiger partial charge in [-0.1, -0.05) is 31.0 Å². The Labute approximate surface area is 118 Å². The van der Waals surface area contributed by atoms with Crippen LogP contribution in [-0.2, 0) is 13.0 Å². The van der Waals surface area contributed by atoms with E-state index in [2.05, 4.69) is 11.9 Å². The lowest BCUT2D eigenvalue weighted by molar-refractivity contribution is 0.459. The summed E-state index contributed by atoms with van der Waals surface area (Å²) in [5.74, 6) is 1.24. The second kappa shape index (κ2) is 6.55. The topological polar surface area (TPSA) is 48.1 Å². The smallest absolute Gasteiger partial charge is 0.219 e. The van der Waals surface area contributed by atoms with Gasteiger partial charge in [0, 0.05) is 23.3 Å². The summed E-state index contributed by atoms with van der Waals surface area (Å²) in [7, 11) is 0. The van der Waals surface area contributed by atoms with E-state index in [0.717, 1.165) is 24.1 Å². The molecule has 0 atom stereocenters. The number of hydrogen-bond donors (Lipinski definition) is 1. The number of benzene rings is 1. The van der Waals surface area contributed by atoms with Gasteiger partial charge in [0.05, 0.1) is 0 Å². The van der Waals surface area contributed by atoms with Crippen molar-refractivity contribution in [3.63, 3.8) is 0 Å². The molecular weight excluding hydrogens is 260 g/mol. The molecule has 0 radical (unpaired) electrons. The average molecular weight is 277 g/mol. The first-order valence-electron chi connectivity index (χ1n) is 6.34. The molecule has 0 aliphatic carbocycles. The molecule has 1 heterocycles. The Balaban J connectivity index is 2.26. The fourth-order valence-corrected chi connectivity index (χ4v) is 2.01. The molecule has 3 nitrogen and oxygen atoms in total. The first kappa shape index (κ1) is 13.8. The van der Waals surface area contributed by atoms with Crippen molar-refractivity contribution in [3.8, 4) is 11.6 Å². The van der Waals surface area contributed by atoms with Crippen molar-refractivity contribution in [2.75, 3.05) is 0 Å². The van der Waals surface area contributed by atoms with Crippen LogP contribution in [0, 0.1) is 0 Å². The third kappa shape index (κ3) is 3.94. The van der Waals surface area contributed by atoms with Gasteiger partial charge in [0.1, 0.15) is 5.75 Å². The molecule has 0 saturated heterocycles. The lowest BCUT2D eigenvalue weighted by Gasteiger charge is -2.09. The molecule has 0 saturated carbocycles. The van der Waals surface area contributed by atoms with Gasteiger partial charge in [0.2, 0.25) is 5.88 Å². The van der Waals surface area contributed by atoms with Crippen LogP contribution in [0.25, 0.3) is 0 Å². The van der Waals surface area contributed by atoms with E-state index in [1.807, 2.05) is 24.3 Å². The van der Waals surface area contributed by atoms with Crippen LogP contribution in [0.5, 0.6) is 11.6 Å². The number of nitrogens with zero attached hydrogens (tertiary/aromatic N) is 1. The molecular formula is C15H17ClN2O. The highest BCUT2D eigenvalue weighted by Crippen LogP contribution is 2.24. The van der Waals surface area contributed by atoms with Crippen molar-refractivity contribution >= 4 is 11.6 Å². The van der Waals surface area contributed by atoms with Crippen LogP contribution < -0.4 is 10.5 Å². The molecule has 1 aromatic carbocycles. The summed E-state index contributed by atoms with van der Waals surface area (Å²) in [5.41, 5.74) is 7.72. The maximum atomic E-state index is 5.93. The van der Waals surface area contributed by atoms with E-state index in [1.165, 1.54) is 0 Å². The molecule has 0 bridgehead atoms. The van der Waals surface area contributed by atoms with Crippen molar-refractivity contribution in [2.45, 2.75) is 26.3 Å².